The maximum absolute atomic E-state index is 12.8. The van der Waals surface area contributed by atoms with Crippen LogP contribution < -0.4 is 5.32 Å². The summed E-state index contributed by atoms with van der Waals surface area (Å²) in [4.78, 5) is 35.4. The summed E-state index contributed by atoms with van der Waals surface area (Å²) in [6.07, 6.45) is 1.56. The van der Waals surface area contributed by atoms with Gasteiger partial charge in [0.05, 0.1) is 23.3 Å². The van der Waals surface area contributed by atoms with E-state index in [1.807, 2.05) is 0 Å². The van der Waals surface area contributed by atoms with Gasteiger partial charge in [-0.3, -0.25) is 14.9 Å². The molecule has 8 nitrogen and oxygen atoms in total. The minimum atomic E-state index is -0.583. The van der Waals surface area contributed by atoms with Gasteiger partial charge in [0.25, 0.3) is 11.6 Å². The quantitative estimate of drug-likeness (QED) is 0.424. The summed E-state index contributed by atoms with van der Waals surface area (Å²) in [6.45, 7) is 0. The number of carbonyl (C=O) groups excluding carboxylic acids is 2. The number of hydrogen-bond acceptors (Lipinski definition) is 5. The van der Waals surface area contributed by atoms with Crippen molar-refractivity contribution >= 4 is 23.3 Å². The van der Waals surface area contributed by atoms with Crippen molar-refractivity contribution in [2.45, 2.75) is 0 Å². The number of benzene rings is 2. The number of hydrogen-bond donors (Lipinski definition) is 1. The van der Waals surface area contributed by atoms with Gasteiger partial charge < -0.3 is 14.6 Å². The Morgan fingerprint density at radius 1 is 1.04 bits per heavy atom. The summed E-state index contributed by atoms with van der Waals surface area (Å²) >= 11 is 0. The van der Waals surface area contributed by atoms with E-state index in [1.54, 1.807) is 48.7 Å². The van der Waals surface area contributed by atoms with Crippen molar-refractivity contribution in [3.63, 3.8) is 0 Å². The predicted molar refractivity (Wildman–Crippen MR) is 98.2 cm³/mol. The Bertz CT molecular complexity index is 1030. The summed E-state index contributed by atoms with van der Waals surface area (Å²) in [5.74, 6) is -1.10. The van der Waals surface area contributed by atoms with Gasteiger partial charge >= 0.3 is 5.97 Å². The molecule has 3 aromatic rings. The molecule has 0 aliphatic rings. The predicted octanol–water partition coefficient (Wildman–Crippen LogP) is 3.42. The third-order valence-corrected chi connectivity index (χ3v) is 3.90. The van der Waals surface area contributed by atoms with E-state index in [2.05, 4.69) is 5.32 Å². The topological polar surface area (TPSA) is 103 Å². The maximum atomic E-state index is 12.8. The highest BCUT2D eigenvalue weighted by Gasteiger charge is 2.20. The van der Waals surface area contributed by atoms with E-state index < -0.39 is 16.8 Å². The molecule has 0 spiro atoms. The lowest BCUT2D eigenvalue weighted by Crippen LogP contribution is -2.18. The lowest BCUT2D eigenvalue weighted by atomic mass is 10.1. The number of ether oxygens (including phenoxy) is 1. The van der Waals surface area contributed by atoms with Gasteiger partial charge in [0.2, 0.25) is 0 Å². The molecular formula is C19H15N3O5. The second-order valence-corrected chi connectivity index (χ2v) is 5.50. The van der Waals surface area contributed by atoms with Gasteiger partial charge in [-0.2, -0.15) is 0 Å². The molecule has 0 saturated heterocycles. The number of carbonyl (C=O) groups is 2. The monoisotopic (exact) mass is 365 g/mol. The molecule has 8 heteroatoms. The first kappa shape index (κ1) is 17.9. The first-order chi connectivity index (χ1) is 13.0. The molecule has 0 fully saturated rings. The van der Waals surface area contributed by atoms with Crippen LogP contribution in [0.3, 0.4) is 0 Å². The highest BCUT2D eigenvalue weighted by Crippen LogP contribution is 2.25. The summed E-state index contributed by atoms with van der Waals surface area (Å²) in [7, 11) is 1.25. The minimum Gasteiger partial charge on any atom is -0.465 e. The zero-order valence-corrected chi connectivity index (χ0v) is 14.3. The smallest absolute Gasteiger partial charge is 0.339 e. The third kappa shape index (κ3) is 3.54. The largest absolute Gasteiger partial charge is 0.465 e. The summed E-state index contributed by atoms with van der Waals surface area (Å²) in [5.41, 5.74) is 0.808. The van der Waals surface area contributed by atoms with Crippen LogP contribution in [0.2, 0.25) is 0 Å². The number of aromatic nitrogens is 1. The Kier molecular flexibility index (Phi) is 4.98. The summed E-state index contributed by atoms with van der Waals surface area (Å²) in [6, 6.07) is 15.7. The SMILES string of the molecule is COC(=O)c1ccccc1NC(=O)c1cccn1-c1ccccc1[N+](=O)[O-]. The Labute approximate surface area is 154 Å². The lowest BCUT2D eigenvalue weighted by Gasteiger charge is -2.12. The van der Waals surface area contributed by atoms with Crippen LogP contribution in [0.4, 0.5) is 11.4 Å². The van der Waals surface area contributed by atoms with E-state index in [-0.39, 0.29) is 28.3 Å². The Morgan fingerprint density at radius 3 is 2.48 bits per heavy atom. The zero-order chi connectivity index (χ0) is 19.4. The minimum absolute atomic E-state index is 0.127. The number of rotatable bonds is 5. The van der Waals surface area contributed by atoms with Crippen LogP contribution in [-0.2, 0) is 4.74 Å². The van der Waals surface area contributed by atoms with Gasteiger partial charge in [0.1, 0.15) is 11.4 Å². The summed E-state index contributed by atoms with van der Waals surface area (Å²) in [5, 5.41) is 13.9. The van der Waals surface area contributed by atoms with Gasteiger partial charge in [-0.05, 0) is 30.3 Å². The molecule has 0 aliphatic heterocycles. The Morgan fingerprint density at radius 2 is 1.74 bits per heavy atom. The van der Waals surface area contributed by atoms with E-state index in [0.29, 0.717) is 0 Å². The number of nitro benzene ring substituents is 1. The fourth-order valence-corrected chi connectivity index (χ4v) is 2.66. The van der Waals surface area contributed by atoms with E-state index in [4.69, 9.17) is 4.74 Å². The molecule has 136 valence electrons. The molecule has 1 heterocycles. The maximum Gasteiger partial charge on any atom is 0.339 e. The molecule has 0 atom stereocenters. The van der Waals surface area contributed by atoms with Crippen LogP contribution in [-0.4, -0.2) is 28.5 Å². The van der Waals surface area contributed by atoms with Crippen molar-refractivity contribution in [2.24, 2.45) is 0 Å². The van der Waals surface area contributed by atoms with Crippen molar-refractivity contribution in [2.75, 3.05) is 12.4 Å². The molecular weight excluding hydrogens is 350 g/mol. The Hall–Kier alpha value is -3.94. The number of para-hydroxylation sites is 3. The molecule has 0 unspecified atom stereocenters. The molecule has 0 radical (unpaired) electrons. The fourth-order valence-electron chi connectivity index (χ4n) is 2.66. The van der Waals surface area contributed by atoms with E-state index in [9.17, 15) is 19.7 Å². The highest BCUT2D eigenvalue weighted by molar-refractivity contribution is 6.07. The van der Waals surface area contributed by atoms with Crippen molar-refractivity contribution in [1.29, 1.82) is 0 Å². The van der Waals surface area contributed by atoms with Crippen LogP contribution in [0, 0.1) is 10.1 Å². The Balaban J connectivity index is 1.97. The molecule has 2 aromatic carbocycles. The number of esters is 1. The number of amides is 1. The van der Waals surface area contributed by atoms with Crippen molar-refractivity contribution in [1.82, 2.24) is 4.57 Å². The summed E-state index contributed by atoms with van der Waals surface area (Å²) < 4.78 is 6.14. The van der Waals surface area contributed by atoms with Crippen molar-refractivity contribution in [3.8, 4) is 5.69 Å². The van der Waals surface area contributed by atoms with Crippen LogP contribution in [0.25, 0.3) is 5.69 Å². The van der Waals surface area contributed by atoms with Crippen LogP contribution in [0.1, 0.15) is 20.8 Å². The van der Waals surface area contributed by atoms with Gasteiger partial charge in [-0.25, -0.2) is 4.79 Å². The number of nitro groups is 1. The normalized spacial score (nSPS) is 10.3. The third-order valence-electron chi connectivity index (χ3n) is 3.90. The fraction of sp³-hybridized carbons (Fsp3) is 0.0526. The van der Waals surface area contributed by atoms with Crippen molar-refractivity contribution < 1.29 is 19.2 Å². The second-order valence-electron chi connectivity index (χ2n) is 5.50. The number of anilines is 1. The molecule has 1 aromatic heterocycles. The molecule has 3 rings (SSSR count). The highest BCUT2D eigenvalue weighted by atomic mass is 16.6. The van der Waals surface area contributed by atoms with Crippen molar-refractivity contribution in [3.05, 3.63) is 88.2 Å². The van der Waals surface area contributed by atoms with Gasteiger partial charge in [-0.1, -0.05) is 24.3 Å². The second kappa shape index (κ2) is 7.52. The van der Waals surface area contributed by atoms with Gasteiger partial charge in [0.15, 0.2) is 0 Å². The van der Waals surface area contributed by atoms with Crippen LogP contribution in [0.15, 0.2) is 66.9 Å². The lowest BCUT2D eigenvalue weighted by molar-refractivity contribution is -0.384. The van der Waals surface area contributed by atoms with Crippen LogP contribution >= 0.6 is 0 Å². The van der Waals surface area contributed by atoms with E-state index in [0.717, 1.165) is 0 Å². The molecule has 1 amide bonds. The first-order valence-corrected chi connectivity index (χ1v) is 7.92. The van der Waals surface area contributed by atoms with Crippen LogP contribution in [0.5, 0.6) is 0 Å². The van der Waals surface area contributed by atoms with E-state index in [1.165, 1.54) is 29.9 Å². The van der Waals surface area contributed by atoms with Gasteiger partial charge in [-0.15, -0.1) is 0 Å². The zero-order valence-electron chi connectivity index (χ0n) is 14.3. The molecule has 1 N–H and O–H groups in total. The van der Waals surface area contributed by atoms with Gasteiger partial charge in [0, 0.05) is 12.3 Å². The standard InChI is InChI=1S/C19H15N3O5/c1-27-19(24)13-7-2-3-8-14(13)20-18(23)17-11-6-12-21(17)15-9-4-5-10-16(15)22(25)26/h2-12H,1H3,(H,20,23). The molecule has 27 heavy (non-hydrogen) atoms. The number of nitrogens with one attached hydrogen (secondary N) is 1. The average Bonchev–Trinajstić information content (AvgIpc) is 3.17. The first-order valence-electron chi connectivity index (χ1n) is 7.92. The average molecular weight is 365 g/mol. The molecule has 0 aliphatic carbocycles. The number of methoxy groups -OCH3 is 1. The molecule has 0 saturated carbocycles. The molecule has 0 bridgehead atoms. The van der Waals surface area contributed by atoms with E-state index >= 15 is 0 Å². The number of nitrogens with zero attached hydrogens (tertiary/aromatic N) is 2.